The molecule has 0 spiro atoms. The van der Waals surface area contributed by atoms with Gasteiger partial charge >= 0.3 is 0 Å². The van der Waals surface area contributed by atoms with Crippen molar-refractivity contribution in [3.05, 3.63) is 11.8 Å². The molecular formula is C15H31NOS2Si. The molecule has 0 radical (unpaired) electrons. The molecule has 0 unspecified atom stereocenters. The first-order valence-electron chi connectivity index (χ1n) is 7.76. The molecule has 0 aliphatic heterocycles. The zero-order valence-corrected chi connectivity index (χ0v) is 16.4. The molecule has 0 aromatic rings. The van der Waals surface area contributed by atoms with Crippen LogP contribution in [-0.2, 0) is 4.74 Å². The lowest BCUT2D eigenvalue weighted by atomic mass is 10.6. The van der Waals surface area contributed by atoms with Crippen molar-refractivity contribution in [1.82, 2.24) is 4.90 Å². The number of nitrogens with zero attached hydrogens (tertiary/aromatic N) is 1. The van der Waals surface area contributed by atoms with Crippen LogP contribution in [0.4, 0.5) is 0 Å². The summed E-state index contributed by atoms with van der Waals surface area (Å²) in [5, 5.41) is 0. The molecule has 0 saturated heterocycles. The molecule has 0 fully saturated rings. The Kier molecular flexibility index (Phi) is 11.9. The van der Waals surface area contributed by atoms with Gasteiger partial charge in [-0.2, -0.15) is 0 Å². The summed E-state index contributed by atoms with van der Waals surface area (Å²) in [6.45, 7) is 13.9. The summed E-state index contributed by atoms with van der Waals surface area (Å²) in [6, 6.07) is 3.99. The first-order valence-corrected chi connectivity index (χ1v) is 11.8. The van der Waals surface area contributed by atoms with E-state index in [2.05, 4.69) is 51.3 Å². The van der Waals surface area contributed by atoms with E-state index in [9.17, 15) is 0 Å². The molecule has 0 atom stereocenters. The Bertz CT molecular complexity index is 281. The molecule has 0 saturated carbocycles. The van der Waals surface area contributed by atoms with Crippen LogP contribution in [-0.4, -0.2) is 42.9 Å². The van der Waals surface area contributed by atoms with Crippen molar-refractivity contribution >= 4 is 36.4 Å². The van der Waals surface area contributed by atoms with Gasteiger partial charge in [0.1, 0.15) is 4.32 Å². The van der Waals surface area contributed by atoms with E-state index >= 15 is 0 Å². The second-order valence-corrected chi connectivity index (χ2v) is 11.6. The van der Waals surface area contributed by atoms with Crippen molar-refractivity contribution in [1.29, 1.82) is 0 Å². The predicted octanol–water partition coefficient (Wildman–Crippen LogP) is 4.92. The summed E-state index contributed by atoms with van der Waals surface area (Å²) in [4.78, 5) is 2.18. The van der Waals surface area contributed by atoms with Crippen LogP contribution < -0.4 is 0 Å². The maximum atomic E-state index is 5.66. The Balaban J connectivity index is 3.94. The maximum Gasteiger partial charge on any atom is 0.138 e. The molecule has 0 bridgehead atoms. The van der Waals surface area contributed by atoms with E-state index in [1.165, 1.54) is 18.1 Å². The molecule has 118 valence electrons. The topological polar surface area (TPSA) is 12.5 Å². The summed E-state index contributed by atoms with van der Waals surface area (Å²) in [5.74, 6) is 0.651. The normalized spacial score (nSPS) is 12.1. The van der Waals surface area contributed by atoms with Crippen molar-refractivity contribution in [3.8, 4) is 0 Å². The molecule has 0 heterocycles. The van der Waals surface area contributed by atoms with E-state index in [-0.39, 0.29) is 0 Å². The van der Waals surface area contributed by atoms with Crippen molar-refractivity contribution in [2.24, 2.45) is 0 Å². The smallest absolute Gasteiger partial charge is 0.138 e. The molecular weight excluding hydrogens is 302 g/mol. The van der Waals surface area contributed by atoms with E-state index < -0.39 is 8.07 Å². The highest BCUT2D eigenvalue weighted by Crippen LogP contribution is 2.21. The van der Waals surface area contributed by atoms with Gasteiger partial charge in [0, 0.05) is 13.1 Å². The van der Waals surface area contributed by atoms with Gasteiger partial charge in [0.15, 0.2) is 0 Å². The van der Waals surface area contributed by atoms with Gasteiger partial charge in [-0.05, 0) is 13.8 Å². The van der Waals surface area contributed by atoms with Crippen LogP contribution in [0.5, 0.6) is 0 Å². The van der Waals surface area contributed by atoms with Crippen molar-refractivity contribution in [2.75, 3.05) is 25.6 Å². The molecule has 0 aromatic heterocycles. The highest BCUT2D eigenvalue weighted by atomic mass is 32.2. The Labute approximate surface area is 136 Å². The second kappa shape index (κ2) is 11.8. The quantitative estimate of drug-likeness (QED) is 0.243. The largest absolute Gasteiger partial charge is 0.366 e. The van der Waals surface area contributed by atoms with Gasteiger partial charge < -0.3 is 9.64 Å². The lowest BCUT2D eigenvalue weighted by molar-refractivity contribution is 0.217. The highest BCUT2D eigenvalue weighted by Gasteiger charge is 2.22. The minimum Gasteiger partial charge on any atom is -0.366 e. The third-order valence-electron chi connectivity index (χ3n) is 4.09. The van der Waals surface area contributed by atoms with Gasteiger partial charge in [-0.3, -0.25) is 0 Å². The molecule has 0 rings (SSSR count). The number of thioether (sulfide) groups is 1. The third-order valence-corrected chi connectivity index (χ3v) is 10.7. The Hall–Kier alpha value is 0.157. The Morgan fingerprint density at radius 2 is 1.65 bits per heavy atom. The zero-order valence-electron chi connectivity index (χ0n) is 13.8. The fourth-order valence-corrected chi connectivity index (χ4v) is 6.11. The summed E-state index contributed by atoms with van der Waals surface area (Å²) in [7, 11) is -1.13. The summed E-state index contributed by atoms with van der Waals surface area (Å²) in [5.41, 5.74) is 2.47. The fourth-order valence-electron chi connectivity index (χ4n) is 2.18. The predicted molar refractivity (Wildman–Crippen MR) is 100 cm³/mol. The van der Waals surface area contributed by atoms with Crippen molar-refractivity contribution in [2.45, 2.75) is 52.8 Å². The Morgan fingerprint density at radius 3 is 2.10 bits per heavy atom. The average Bonchev–Trinajstić information content (AvgIpc) is 2.48. The van der Waals surface area contributed by atoms with Crippen LogP contribution in [0, 0.1) is 0 Å². The number of rotatable bonds is 10. The average molecular weight is 334 g/mol. The third kappa shape index (κ3) is 7.25. The van der Waals surface area contributed by atoms with Crippen molar-refractivity contribution in [3.63, 3.8) is 0 Å². The maximum absolute atomic E-state index is 5.66. The van der Waals surface area contributed by atoms with Gasteiger partial charge in [0.05, 0.1) is 20.6 Å². The van der Waals surface area contributed by atoms with Crippen LogP contribution in [0.25, 0.3) is 0 Å². The van der Waals surface area contributed by atoms with Gasteiger partial charge in [0.2, 0.25) is 0 Å². The van der Waals surface area contributed by atoms with E-state index in [0.29, 0.717) is 12.5 Å². The number of ether oxygens (including phenoxy) is 1. The second-order valence-electron chi connectivity index (χ2n) is 4.90. The first kappa shape index (κ1) is 20.2. The van der Waals surface area contributed by atoms with Crippen LogP contribution in [0.15, 0.2) is 11.8 Å². The molecule has 2 nitrogen and oxygen atoms in total. The van der Waals surface area contributed by atoms with Gasteiger partial charge in [-0.15, -0.1) is 0 Å². The standard InChI is InChI=1S/C15H31NOS2Si/c1-6-16(7-2)15(18)19-14-17-12-11-13-20(8-3,9-4)10-5/h11,13H,6-10,12,14H2,1-5H3/b13-11+. The SMILES string of the molecule is CCN(CC)C(=S)SCOC/C=C/[Si](CC)(CC)CC. The summed E-state index contributed by atoms with van der Waals surface area (Å²) < 4.78 is 6.60. The van der Waals surface area contributed by atoms with E-state index in [1.807, 2.05) is 0 Å². The van der Waals surface area contributed by atoms with Crippen molar-refractivity contribution < 1.29 is 4.74 Å². The fraction of sp³-hybridized carbons (Fsp3) is 0.800. The monoisotopic (exact) mass is 333 g/mol. The van der Waals surface area contributed by atoms with Gasteiger partial charge in [-0.1, -0.05) is 74.7 Å². The number of hydrogen-bond acceptors (Lipinski definition) is 3. The molecule has 5 heteroatoms. The van der Waals surface area contributed by atoms with Gasteiger partial charge in [-0.25, -0.2) is 0 Å². The van der Waals surface area contributed by atoms with Crippen LogP contribution >= 0.6 is 24.0 Å². The van der Waals surface area contributed by atoms with E-state index in [4.69, 9.17) is 17.0 Å². The minimum absolute atomic E-state index is 0.651. The summed E-state index contributed by atoms with van der Waals surface area (Å²) in [6.07, 6.45) is 2.23. The highest BCUT2D eigenvalue weighted by molar-refractivity contribution is 8.22. The molecule has 0 N–H and O–H groups in total. The minimum atomic E-state index is -1.13. The van der Waals surface area contributed by atoms with Crippen LogP contribution in [0.1, 0.15) is 34.6 Å². The molecule has 20 heavy (non-hydrogen) atoms. The molecule has 0 amide bonds. The molecule has 0 aliphatic rings. The Morgan fingerprint density at radius 1 is 1.10 bits per heavy atom. The zero-order chi connectivity index (χ0) is 15.4. The summed E-state index contributed by atoms with van der Waals surface area (Å²) >= 11 is 6.99. The number of thiocarbonyl (C=S) groups is 1. The van der Waals surface area contributed by atoms with E-state index in [0.717, 1.165) is 17.4 Å². The molecule has 0 aromatic carbocycles. The van der Waals surface area contributed by atoms with Crippen LogP contribution in [0.3, 0.4) is 0 Å². The lowest BCUT2D eigenvalue weighted by Gasteiger charge is -2.23. The molecule has 0 aliphatic carbocycles. The van der Waals surface area contributed by atoms with Crippen LogP contribution in [0.2, 0.25) is 18.1 Å². The lowest BCUT2D eigenvalue weighted by Crippen LogP contribution is -2.28. The number of hydrogen-bond donors (Lipinski definition) is 0. The van der Waals surface area contributed by atoms with Gasteiger partial charge in [0.25, 0.3) is 0 Å². The first-order chi connectivity index (χ1) is 9.59. The van der Waals surface area contributed by atoms with E-state index in [1.54, 1.807) is 11.8 Å².